The molecular weight excluding hydrogens is 533 g/mol. The van der Waals surface area contributed by atoms with Crippen LogP contribution in [0.3, 0.4) is 0 Å². The maximum atomic E-state index is 13.6. The molecule has 4 rings (SSSR count). The van der Waals surface area contributed by atoms with Gasteiger partial charge in [-0.2, -0.15) is 26.3 Å². The third-order valence-corrected chi connectivity index (χ3v) is 7.03. The van der Waals surface area contributed by atoms with Crippen molar-refractivity contribution in [2.24, 2.45) is 5.73 Å². The summed E-state index contributed by atoms with van der Waals surface area (Å²) in [5, 5.41) is 0. The highest BCUT2D eigenvalue weighted by Gasteiger charge is 2.41. The van der Waals surface area contributed by atoms with Gasteiger partial charge in [0.15, 0.2) is 5.78 Å². The lowest BCUT2D eigenvalue weighted by atomic mass is 9.95. The first-order valence-corrected chi connectivity index (χ1v) is 12.1. The molecule has 0 spiro atoms. The van der Waals surface area contributed by atoms with Crippen LogP contribution in [0.4, 0.5) is 30.7 Å². The maximum Gasteiger partial charge on any atom is 0.416 e. The van der Waals surface area contributed by atoms with E-state index in [0.29, 0.717) is 29.8 Å². The van der Waals surface area contributed by atoms with Gasteiger partial charge in [0.1, 0.15) is 5.82 Å². The lowest BCUT2D eigenvalue weighted by Gasteiger charge is -2.25. The number of halogens is 7. The van der Waals surface area contributed by atoms with Crippen LogP contribution >= 0.6 is 0 Å². The molecule has 0 bridgehead atoms. The van der Waals surface area contributed by atoms with E-state index >= 15 is 0 Å². The molecule has 3 atom stereocenters. The van der Waals surface area contributed by atoms with Gasteiger partial charge in [-0.1, -0.05) is 12.1 Å². The normalized spacial score (nSPS) is 21.1. The highest BCUT2D eigenvalue weighted by atomic mass is 19.4. The van der Waals surface area contributed by atoms with Crippen molar-refractivity contribution in [3.63, 3.8) is 0 Å². The van der Waals surface area contributed by atoms with Crippen molar-refractivity contribution < 1.29 is 45.1 Å². The molecule has 2 aliphatic rings. The van der Waals surface area contributed by atoms with Crippen molar-refractivity contribution in [3.8, 4) is 0 Å². The molecule has 0 aromatic heterocycles. The highest BCUT2D eigenvalue weighted by Crippen LogP contribution is 2.41. The van der Waals surface area contributed by atoms with Crippen LogP contribution in [0, 0.1) is 5.82 Å². The number of hydrogen-bond acceptors (Lipinski definition) is 4. The molecule has 12 heteroatoms. The summed E-state index contributed by atoms with van der Waals surface area (Å²) < 4.78 is 100. The molecule has 210 valence electrons. The van der Waals surface area contributed by atoms with Crippen molar-refractivity contribution >= 4 is 11.7 Å². The molecule has 0 radical (unpaired) electrons. The van der Waals surface area contributed by atoms with Gasteiger partial charge in [-0.15, -0.1) is 0 Å². The first-order valence-electron chi connectivity index (χ1n) is 12.1. The van der Waals surface area contributed by atoms with Crippen molar-refractivity contribution in [2.45, 2.75) is 56.7 Å². The van der Waals surface area contributed by atoms with E-state index in [1.807, 2.05) is 4.90 Å². The zero-order valence-electron chi connectivity index (χ0n) is 20.7. The molecule has 1 fully saturated rings. The number of carbonyl (C=O) groups excluding carboxylic acids is 2. The lowest BCUT2D eigenvalue weighted by molar-refractivity contribution is -0.143. The second-order valence-electron chi connectivity index (χ2n) is 9.71. The molecule has 39 heavy (non-hydrogen) atoms. The molecule has 2 aromatic carbocycles. The molecule has 1 aliphatic heterocycles. The maximum absolute atomic E-state index is 13.6. The predicted octanol–water partition coefficient (Wildman–Crippen LogP) is 5.90. The Morgan fingerprint density at radius 3 is 2.13 bits per heavy atom. The molecule has 5 nitrogen and oxygen atoms in total. The zero-order valence-corrected chi connectivity index (χ0v) is 20.7. The molecule has 1 saturated heterocycles. The van der Waals surface area contributed by atoms with E-state index in [1.165, 1.54) is 31.2 Å². The fraction of sp³-hybridized carbons (Fsp3) is 0.407. The van der Waals surface area contributed by atoms with Crippen LogP contribution in [0.2, 0.25) is 0 Å². The van der Waals surface area contributed by atoms with E-state index in [2.05, 4.69) is 0 Å². The van der Waals surface area contributed by atoms with Crippen LogP contribution in [0.25, 0.3) is 0 Å². The second-order valence-corrected chi connectivity index (χ2v) is 9.71. The number of likely N-dealkylation sites (tertiary alicyclic amines) is 1. The Morgan fingerprint density at radius 1 is 1.00 bits per heavy atom. The predicted molar refractivity (Wildman–Crippen MR) is 126 cm³/mol. The van der Waals surface area contributed by atoms with Gasteiger partial charge >= 0.3 is 12.4 Å². The number of nitrogens with zero attached hydrogens (tertiary/aromatic N) is 1. The summed E-state index contributed by atoms with van der Waals surface area (Å²) in [4.78, 5) is 25.7. The smallest absolute Gasteiger partial charge is 0.371 e. The van der Waals surface area contributed by atoms with Crippen LogP contribution in [0.5, 0.6) is 0 Å². The van der Waals surface area contributed by atoms with E-state index in [0.717, 1.165) is 0 Å². The fourth-order valence-corrected chi connectivity index (χ4v) is 5.14. The van der Waals surface area contributed by atoms with Gasteiger partial charge in [0.25, 0.3) is 0 Å². The van der Waals surface area contributed by atoms with Crippen molar-refractivity contribution in [1.29, 1.82) is 0 Å². The molecule has 2 aromatic rings. The van der Waals surface area contributed by atoms with Crippen LogP contribution in [0.15, 0.2) is 53.7 Å². The number of hydrogen-bond donors (Lipinski definition) is 1. The Kier molecular flexibility index (Phi) is 7.79. The largest absolute Gasteiger partial charge is 0.416 e. The summed E-state index contributed by atoms with van der Waals surface area (Å²) in [7, 11) is 0. The highest BCUT2D eigenvalue weighted by molar-refractivity contribution is 6.02. The molecule has 1 amide bonds. The first-order chi connectivity index (χ1) is 18.1. The monoisotopic (exact) mass is 558 g/mol. The van der Waals surface area contributed by atoms with Crippen LogP contribution in [0.1, 0.15) is 60.5 Å². The third kappa shape index (κ3) is 6.43. The zero-order chi connectivity index (χ0) is 28.7. The number of rotatable bonds is 7. The van der Waals surface area contributed by atoms with Gasteiger partial charge in [0.2, 0.25) is 5.91 Å². The number of ketones is 1. The molecular formula is C27H25F7N2O3. The Balaban J connectivity index is 1.68. The topological polar surface area (TPSA) is 72.6 Å². The number of primary amides is 1. The Morgan fingerprint density at radius 2 is 1.59 bits per heavy atom. The number of Topliss-reactive ketones (excluding diaryl/α,β-unsaturated/α-hetero) is 1. The summed E-state index contributed by atoms with van der Waals surface area (Å²) in [5.41, 5.74) is 3.62. The van der Waals surface area contributed by atoms with Crippen LogP contribution < -0.4 is 5.73 Å². The minimum atomic E-state index is -5.01. The van der Waals surface area contributed by atoms with E-state index < -0.39 is 53.3 Å². The van der Waals surface area contributed by atoms with E-state index in [-0.39, 0.29) is 48.9 Å². The number of carbonyl (C=O) groups is 2. The molecule has 1 heterocycles. The number of allylic oxidation sites excluding steroid dienone is 1. The average Bonchev–Trinajstić information content (AvgIpc) is 3.41. The standard InChI is InChI=1S/C27H25F7N2O3/c1-14(16-8-17(26(29,30)31)10-18(9-16)27(32,33)34)39-24-13-36(12-21(24)15-2-4-19(28)5-3-15)22-6-7-23(37)20(22)11-25(35)38/h2-5,8-10,14,21,24H,6-7,11-13H2,1H3,(H2,35,38)/t14?,21-,24+/m1/s1. The van der Waals surface area contributed by atoms with Crippen molar-refractivity contribution in [2.75, 3.05) is 13.1 Å². The number of benzene rings is 2. The van der Waals surface area contributed by atoms with Crippen LogP contribution in [-0.4, -0.2) is 35.8 Å². The summed E-state index contributed by atoms with van der Waals surface area (Å²) >= 11 is 0. The van der Waals surface area contributed by atoms with E-state index in [4.69, 9.17) is 10.5 Å². The summed E-state index contributed by atoms with van der Waals surface area (Å²) in [5.74, 6) is -1.85. The lowest BCUT2D eigenvalue weighted by Crippen LogP contribution is -2.25. The Hall–Kier alpha value is -3.41. The molecule has 2 N–H and O–H groups in total. The van der Waals surface area contributed by atoms with Gasteiger partial charge in [-0.3, -0.25) is 9.59 Å². The second kappa shape index (κ2) is 10.6. The fourth-order valence-electron chi connectivity index (χ4n) is 5.14. The van der Waals surface area contributed by atoms with E-state index in [1.54, 1.807) is 0 Å². The number of ether oxygens (including phenoxy) is 1. The SMILES string of the molecule is CC(O[C@H]1CN(C2=C(CC(N)=O)C(=O)CC2)C[C@@H]1c1ccc(F)cc1)c1cc(C(F)(F)F)cc(C(F)(F)F)c1. The average molecular weight is 558 g/mol. The number of amides is 1. The quantitative estimate of drug-likeness (QED) is 0.430. The minimum absolute atomic E-state index is 0.0543. The van der Waals surface area contributed by atoms with Gasteiger partial charge in [-0.25, -0.2) is 4.39 Å². The number of alkyl halides is 6. The summed E-state index contributed by atoms with van der Waals surface area (Å²) in [6.45, 7) is 1.77. The Bertz CT molecular complexity index is 1250. The Labute approximate surface area is 219 Å². The van der Waals surface area contributed by atoms with Gasteiger partial charge in [-0.05, 0) is 54.8 Å². The third-order valence-electron chi connectivity index (χ3n) is 7.03. The molecule has 0 saturated carbocycles. The van der Waals surface area contributed by atoms with Gasteiger partial charge in [0, 0.05) is 36.7 Å². The van der Waals surface area contributed by atoms with Crippen LogP contribution in [-0.2, 0) is 26.7 Å². The summed E-state index contributed by atoms with van der Waals surface area (Å²) in [6.07, 6.45) is -11.6. The first kappa shape index (κ1) is 28.6. The minimum Gasteiger partial charge on any atom is -0.371 e. The summed E-state index contributed by atoms with van der Waals surface area (Å²) in [6, 6.07) is 6.82. The van der Waals surface area contributed by atoms with Crippen molar-refractivity contribution in [1.82, 2.24) is 4.90 Å². The van der Waals surface area contributed by atoms with E-state index in [9.17, 15) is 40.3 Å². The number of nitrogens with two attached hydrogens (primary N) is 1. The van der Waals surface area contributed by atoms with Gasteiger partial charge in [0.05, 0.1) is 29.8 Å². The van der Waals surface area contributed by atoms with Gasteiger partial charge < -0.3 is 15.4 Å². The molecule has 1 aliphatic carbocycles. The molecule has 1 unspecified atom stereocenters. The van der Waals surface area contributed by atoms with Crippen molar-refractivity contribution in [3.05, 3.63) is 81.8 Å².